The molecule has 2 saturated heterocycles. The molecule has 0 bridgehead atoms. The Kier molecular flexibility index (Phi) is 89.8. The van der Waals surface area contributed by atoms with E-state index in [0.717, 1.165) is 39.7 Å². The van der Waals surface area contributed by atoms with Gasteiger partial charge >= 0.3 is 0 Å². The third-order valence-electron chi connectivity index (χ3n) is 14.5. The lowest BCUT2D eigenvalue weighted by Gasteiger charge is -2.63. The van der Waals surface area contributed by atoms with Crippen molar-refractivity contribution in [3.8, 4) is 34.0 Å². The van der Waals surface area contributed by atoms with Gasteiger partial charge in [0.05, 0.1) is 35.2 Å². The first-order valence-electron chi connectivity index (χ1n) is 31.8. The molecule has 2 aromatic heterocycles. The van der Waals surface area contributed by atoms with E-state index in [1.807, 2.05) is 12.1 Å². The number of benzene rings is 2. The maximum Gasteiger partial charge on any atom is 0.189 e. The molecule has 2 aliphatic rings. The molecule has 0 amide bonds. The first-order valence-corrected chi connectivity index (χ1v) is 185. The number of nitrogens with zero attached hydrogens (tertiary/aromatic N) is 3. The average molecular weight is 3200 g/mol. The van der Waals surface area contributed by atoms with Crippen LogP contribution in [0, 0.1) is 0 Å². The van der Waals surface area contributed by atoms with Crippen LogP contribution in [-0.2, 0) is 25.9 Å². The first-order chi connectivity index (χ1) is 56.8. The summed E-state index contributed by atoms with van der Waals surface area (Å²) in [6, 6.07) is 16.9. The van der Waals surface area contributed by atoms with Crippen molar-refractivity contribution in [1.29, 1.82) is 0 Å². The lowest BCUT2D eigenvalue weighted by Crippen LogP contribution is -2.28. The third kappa shape index (κ3) is 45.9. The van der Waals surface area contributed by atoms with Gasteiger partial charge in [-0.1, -0.05) is 49.5 Å². The zero-order valence-corrected chi connectivity index (χ0v) is 150. The molecule has 10 nitrogen and oxygen atoms in total. The molecule has 0 spiro atoms. The molecule has 3 N–H and O–H groups in total. The minimum absolute atomic E-state index is 0.208. The van der Waals surface area contributed by atoms with Crippen LogP contribution in [-0.4, -0.2) is 61.3 Å². The van der Waals surface area contributed by atoms with E-state index in [1.165, 1.54) is 5.56 Å². The number of ether oxygens (including phenoxy) is 2. The molecular weight excluding hydrogens is 3090 g/mol. The van der Waals surface area contributed by atoms with Gasteiger partial charge in [0, 0.05) is 43.0 Å². The Bertz CT molecular complexity index is 3430. The third-order valence-corrected chi connectivity index (χ3v) is 604. The summed E-state index contributed by atoms with van der Waals surface area (Å²) in [4.78, 5) is 9.21. The number of nitrogens with two attached hydrogens (primary N) is 1. The maximum absolute atomic E-state index is 12.8. The lowest BCUT2D eigenvalue weighted by atomic mass is 10.1. The van der Waals surface area contributed by atoms with Gasteiger partial charge in [-0.05, 0) is 310 Å². The van der Waals surface area contributed by atoms with E-state index in [0.29, 0.717) is 47.5 Å². The summed E-state index contributed by atoms with van der Waals surface area (Å²) in [6.45, 7) is -11.2. The highest BCUT2D eigenvalue weighted by Crippen LogP contribution is 3.52. The van der Waals surface area contributed by atoms with E-state index in [2.05, 4.69) is 408 Å². The second kappa shape index (κ2) is 75.8. The molecule has 4 heterocycles. The molecule has 0 saturated carbocycles. The fourth-order valence-electron chi connectivity index (χ4n) is 9.81. The molecule has 47 unspecified atom stereocenters. The van der Waals surface area contributed by atoms with Gasteiger partial charge in [0.25, 0.3) is 0 Å². The zero-order chi connectivity index (χ0) is 92.6. The van der Waals surface area contributed by atoms with E-state index < -0.39 is 43.0 Å². The second-order valence-corrected chi connectivity index (χ2v) is 368. The van der Waals surface area contributed by atoms with Crippen LogP contribution in [0.1, 0.15) is 18.4 Å². The normalized spacial score (nSPS) is 17.0. The molecule has 94 heteroatoms. The fraction of sp³-hybridized carbons (Fsp3) is 0.321. The van der Waals surface area contributed by atoms with E-state index in [4.69, 9.17) is 19.7 Å². The van der Waals surface area contributed by atoms with Crippen molar-refractivity contribution in [3.05, 3.63) is 66.4 Å². The number of hydrogen-bond donors (Lipinski definition) is 2. The van der Waals surface area contributed by atoms with Crippen molar-refractivity contribution in [2.24, 2.45) is 0 Å². The van der Waals surface area contributed by atoms with Crippen molar-refractivity contribution in [2.45, 2.75) is 35.6 Å². The summed E-state index contributed by atoms with van der Waals surface area (Å²) < 4.78 is 41.9. The SMILES string of the molecule is Nc1ncc(-c2ccc(S(=O)(=O)C3CCOC3)cc2)nc1-c1cc(-c2ccc(CN[C@H]3CCOC3)cc2)no1.PPP(P)P(P(P(P)P)P(P)P)P(P(P(P)P)P(P)P)P(P(P(P(P(P)P)P(P)P)P(P(P)P)P(P)P)P(P(P(P)P)P(P)P)P(P(P)P)P(P)P)P(P(P(P(P)P)P(P)P)P(P(P)P)P(P)P)P(P(P(P)P)P(P)P)P(P(P)P)P(P)P. The quantitative estimate of drug-likeness (QED) is 0.0410. The van der Waals surface area contributed by atoms with Crippen LogP contribution in [0.15, 0.2) is 70.2 Å². The van der Waals surface area contributed by atoms with Gasteiger partial charge < -0.3 is 25.0 Å². The Morgan fingerprint density at radius 2 is 0.648 bits per heavy atom. The Labute approximate surface area is 876 Å². The van der Waals surface area contributed by atoms with Crippen LogP contribution >= 0.6 is 662 Å². The number of nitrogens with one attached hydrogen (secondary N) is 1. The molecule has 4 aromatic rings. The lowest BCUT2D eigenvalue weighted by molar-refractivity contribution is 0.190. The Hall–Kier alpha value is 32.0. The van der Waals surface area contributed by atoms with Gasteiger partial charge in [-0.25, -0.2) is 18.4 Å². The standard InChI is InChI=1S/C28H29N5O5S.H85P83/c29-28-27(26-13-24(33-38-26)19-3-1-18(2-4-19)14-30-21-9-11-36-16-21)32-25(15-31-28)20-5-7-22(8-6-20)39(34,35)23-10-12-37-17-23;1-43-64(42)75(65(44(2)3)45(4)5)80(74(62(38)39)63(40)41)83(81(76(66(46(6)7)47(8)9)67(48(10)11)49(12)13)77(68(50(14)15)51(16)17)69(52(18)19)53(20)21)82(78(70(54(22)23)55(24)25)71(56(26)27)57(28)29)79(72(58(30)31)59(32)33)73(60(34)35)61(36)37/h1-8,13,15,21,23,30H,9-12,14,16-17H2,(H2,29,31);43H,1-42H2/t21-,23?;/m0./s1. The first kappa shape index (κ1) is 144. The molecule has 2 fully saturated rings. The summed E-state index contributed by atoms with van der Waals surface area (Å²) in [7, 11) is 153. The number of hydrogen-bond acceptors (Lipinski definition) is 10. The Morgan fingerprint density at radius 3 is 0.934 bits per heavy atom. The highest BCUT2D eigenvalue weighted by Gasteiger charge is 2.65. The molecular formula is C28H114N5O5P83S. The number of rotatable bonds is 48. The average Bonchev–Trinajstić information content (AvgIpc) is 0.871. The molecule has 2 aliphatic heterocycles. The summed E-state index contributed by atoms with van der Waals surface area (Å²) >= 11 is 0. The summed E-state index contributed by atoms with van der Waals surface area (Å²) in [6.07, 6.45) is 3.10. The Balaban J connectivity index is 0.000000553. The topological polar surface area (TPSA) is 142 Å². The van der Waals surface area contributed by atoms with Crippen LogP contribution < -0.4 is 11.1 Å². The summed E-state index contributed by atoms with van der Waals surface area (Å²) in [5, 5.41) is 7.21. The largest absolute Gasteiger partial charge is 0.382 e. The van der Waals surface area contributed by atoms with Crippen LogP contribution in [0.2, 0.25) is 0 Å². The number of sulfone groups is 1. The van der Waals surface area contributed by atoms with E-state index in [9.17, 15) is 8.42 Å². The monoisotopic (exact) mass is 3200 g/mol. The molecule has 2 aromatic carbocycles. The van der Waals surface area contributed by atoms with Crippen molar-refractivity contribution in [1.82, 2.24) is 20.4 Å². The van der Waals surface area contributed by atoms with E-state index >= 15 is 0 Å². The Morgan fingerprint density at radius 1 is 0.369 bits per heavy atom. The van der Waals surface area contributed by atoms with Crippen molar-refractivity contribution in [3.63, 3.8) is 0 Å². The summed E-state index contributed by atoms with van der Waals surface area (Å²) in [5.74, 6) is 0.600. The number of anilines is 1. The van der Waals surface area contributed by atoms with Crippen LogP contribution in [0.3, 0.4) is 0 Å². The highest BCUT2D eigenvalue weighted by atomic mass is 33.6. The van der Waals surface area contributed by atoms with Gasteiger partial charge in [0.2, 0.25) is 0 Å². The van der Waals surface area contributed by atoms with Crippen LogP contribution in [0.5, 0.6) is 0 Å². The molecule has 6 rings (SSSR count). The van der Waals surface area contributed by atoms with Gasteiger partial charge in [0.15, 0.2) is 27.1 Å². The second-order valence-electron chi connectivity index (χ2n) is 22.9. The van der Waals surface area contributed by atoms with Gasteiger partial charge in [-0.15, -0.1) is 375 Å². The molecule has 702 valence electrons. The van der Waals surface area contributed by atoms with E-state index in [1.54, 1.807) is 36.5 Å². The van der Waals surface area contributed by atoms with Crippen LogP contribution in [0.4, 0.5) is 5.82 Å². The highest BCUT2D eigenvalue weighted by molar-refractivity contribution is 9.58. The number of aromatic nitrogens is 3. The van der Waals surface area contributed by atoms with Crippen molar-refractivity contribution >= 4 is 678 Å². The molecule has 0 radical (unpaired) electrons. The zero-order valence-electron chi connectivity index (χ0n) is 63.9. The number of nitrogen functional groups attached to an aromatic ring is 1. The van der Waals surface area contributed by atoms with Gasteiger partial charge in [-0.2, -0.15) is 0 Å². The van der Waals surface area contributed by atoms with Gasteiger partial charge in [0.1, 0.15) is 5.69 Å². The minimum Gasteiger partial charge on any atom is -0.382 e. The molecule has 0 aliphatic carbocycles. The summed E-state index contributed by atoms with van der Waals surface area (Å²) in [5.41, 5.74) is 10.5. The fourth-order valence-corrected chi connectivity index (χ4v) is 1230. The van der Waals surface area contributed by atoms with Gasteiger partial charge in [-0.3, -0.25) is 0 Å². The minimum atomic E-state index is -3.44. The van der Waals surface area contributed by atoms with Crippen molar-refractivity contribution < 1.29 is 22.4 Å². The molecule has 122 heavy (non-hydrogen) atoms. The van der Waals surface area contributed by atoms with E-state index in [-0.39, 0.29) is 269 Å². The predicted molar refractivity (Wildman–Crippen MR) is 838 cm³/mol. The molecule has 48 atom stereocenters. The maximum atomic E-state index is 12.8. The smallest absolute Gasteiger partial charge is 0.189 e. The van der Waals surface area contributed by atoms with Crippen LogP contribution in [0.25, 0.3) is 34.0 Å². The van der Waals surface area contributed by atoms with Crippen molar-refractivity contribution in [2.75, 3.05) is 32.2 Å². The predicted octanol–water partition coefficient (Wildman–Crippen LogP) is 52.2.